The molecule has 6 rings (SSSR count). The van der Waals surface area contributed by atoms with Crippen molar-refractivity contribution in [3.63, 3.8) is 0 Å². The van der Waals surface area contributed by atoms with E-state index in [9.17, 15) is 18.0 Å². The van der Waals surface area contributed by atoms with Gasteiger partial charge < -0.3 is 9.80 Å². The number of para-hydroxylation sites is 2. The molecule has 1 atom stereocenters. The van der Waals surface area contributed by atoms with Crippen LogP contribution in [0.1, 0.15) is 15.9 Å². The van der Waals surface area contributed by atoms with E-state index in [0.717, 1.165) is 34.6 Å². The van der Waals surface area contributed by atoms with Crippen molar-refractivity contribution >= 4 is 22.8 Å². The maximum absolute atomic E-state index is 13.5. The summed E-state index contributed by atoms with van der Waals surface area (Å²) in [6.45, 7) is 1.79. The van der Waals surface area contributed by atoms with Gasteiger partial charge >= 0.3 is 6.18 Å². The number of hydrogen-bond acceptors (Lipinski definition) is 4. The van der Waals surface area contributed by atoms with Gasteiger partial charge in [-0.05, 0) is 47.0 Å². The van der Waals surface area contributed by atoms with Crippen molar-refractivity contribution < 1.29 is 18.0 Å². The van der Waals surface area contributed by atoms with Gasteiger partial charge in [0.25, 0.3) is 5.91 Å². The molecule has 1 amide bonds. The van der Waals surface area contributed by atoms with Gasteiger partial charge in [-0.2, -0.15) is 13.2 Å². The predicted octanol–water partition coefficient (Wildman–Crippen LogP) is 5.79. The lowest BCUT2D eigenvalue weighted by Crippen LogP contribution is -2.31. The largest absolute Gasteiger partial charge is 0.416 e. The van der Waals surface area contributed by atoms with E-state index in [4.69, 9.17) is 4.98 Å². The van der Waals surface area contributed by atoms with E-state index in [1.54, 1.807) is 30.5 Å². The minimum absolute atomic E-state index is 0.127. The SMILES string of the molecule is O=C(c1ccccc1-c1ccc(C(F)(F)F)cc1)N1CC2=CN(c3cnc4ccccc4n3)CC2C1. The molecule has 0 N–H and O–H groups in total. The number of carbonyl (C=O) groups excluding carboxylic acids is 1. The molecule has 5 nitrogen and oxygen atoms in total. The molecule has 8 heteroatoms. The fourth-order valence-electron chi connectivity index (χ4n) is 4.94. The third kappa shape index (κ3) is 3.98. The first-order valence-electron chi connectivity index (χ1n) is 11.6. The van der Waals surface area contributed by atoms with Crippen LogP contribution < -0.4 is 4.90 Å². The molecule has 2 aliphatic heterocycles. The van der Waals surface area contributed by atoms with Gasteiger partial charge in [0.2, 0.25) is 0 Å². The second-order valence-electron chi connectivity index (χ2n) is 9.08. The van der Waals surface area contributed by atoms with E-state index in [2.05, 4.69) is 16.1 Å². The summed E-state index contributed by atoms with van der Waals surface area (Å²) in [7, 11) is 0. The Kier molecular flexibility index (Phi) is 5.25. The van der Waals surface area contributed by atoms with E-state index >= 15 is 0 Å². The number of nitrogens with zero attached hydrogens (tertiary/aromatic N) is 4. The average molecular weight is 486 g/mol. The molecule has 3 heterocycles. The molecule has 180 valence electrons. The van der Waals surface area contributed by atoms with Crippen LogP contribution in [0.15, 0.2) is 90.8 Å². The summed E-state index contributed by atoms with van der Waals surface area (Å²) in [5.41, 5.74) is 3.80. The second kappa shape index (κ2) is 8.48. The number of amides is 1. The van der Waals surface area contributed by atoms with E-state index in [1.165, 1.54) is 12.1 Å². The van der Waals surface area contributed by atoms with Crippen LogP contribution in [0.25, 0.3) is 22.2 Å². The highest BCUT2D eigenvalue weighted by molar-refractivity contribution is 6.01. The predicted molar refractivity (Wildman–Crippen MR) is 131 cm³/mol. The Morgan fingerprint density at radius 2 is 1.61 bits per heavy atom. The lowest BCUT2D eigenvalue weighted by Gasteiger charge is -2.21. The fourth-order valence-corrected chi connectivity index (χ4v) is 4.94. The van der Waals surface area contributed by atoms with Crippen molar-refractivity contribution in [3.05, 3.63) is 102 Å². The molecule has 3 aromatic carbocycles. The number of rotatable bonds is 3. The van der Waals surface area contributed by atoms with Crippen LogP contribution in [-0.2, 0) is 6.18 Å². The zero-order valence-electron chi connectivity index (χ0n) is 19.1. The molecule has 2 aliphatic rings. The molecule has 0 radical (unpaired) electrons. The normalized spacial score (nSPS) is 17.4. The molecular formula is C28H21F3N4O. The van der Waals surface area contributed by atoms with E-state index < -0.39 is 11.7 Å². The van der Waals surface area contributed by atoms with Crippen LogP contribution in [0.4, 0.5) is 19.0 Å². The summed E-state index contributed by atoms with van der Waals surface area (Å²) < 4.78 is 38.9. The van der Waals surface area contributed by atoms with E-state index in [1.807, 2.05) is 29.2 Å². The maximum Gasteiger partial charge on any atom is 0.416 e. The fraction of sp³-hybridized carbons (Fsp3) is 0.179. The Morgan fingerprint density at radius 3 is 2.36 bits per heavy atom. The van der Waals surface area contributed by atoms with Gasteiger partial charge in [0, 0.05) is 37.3 Å². The molecule has 0 aliphatic carbocycles. The third-order valence-electron chi connectivity index (χ3n) is 6.78. The summed E-state index contributed by atoms with van der Waals surface area (Å²) in [5.74, 6) is 0.847. The molecule has 0 saturated carbocycles. The number of anilines is 1. The highest BCUT2D eigenvalue weighted by atomic mass is 19.4. The summed E-state index contributed by atoms with van der Waals surface area (Å²) in [6.07, 6.45) is -0.580. The van der Waals surface area contributed by atoms with Crippen LogP contribution in [0.2, 0.25) is 0 Å². The molecule has 1 saturated heterocycles. The van der Waals surface area contributed by atoms with Crippen molar-refractivity contribution in [1.82, 2.24) is 14.9 Å². The van der Waals surface area contributed by atoms with Gasteiger partial charge in [-0.3, -0.25) is 9.78 Å². The lowest BCUT2D eigenvalue weighted by atomic mass is 9.98. The van der Waals surface area contributed by atoms with Crippen LogP contribution in [-0.4, -0.2) is 40.4 Å². The quantitative estimate of drug-likeness (QED) is 0.368. The zero-order valence-corrected chi connectivity index (χ0v) is 19.1. The van der Waals surface area contributed by atoms with Crippen molar-refractivity contribution in [1.29, 1.82) is 0 Å². The van der Waals surface area contributed by atoms with E-state index in [0.29, 0.717) is 36.3 Å². The molecule has 1 aromatic heterocycles. The molecular weight excluding hydrogens is 465 g/mol. The Balaban J connectivity index is 1.22. The van der Waals surface area contributed by atoms with Crippen molar-refractivity contribution in [2.45, 2.75) is 6.18 Å². The number of alkyl halides is 3. The minimum atomic E-state index is -4.40. The van der Waals surface area contributed by atoms with Gasteiger partial charge in [0.05, 0.1) is 22.8 Å². The molecule has 4 aromatic rings. The molecule has 0 bridgehead atoms. The minimum Gasteiger partial charge on any atom is -0.334 e. The highest BCUT2D eigenvalue weighted by Gasteiger charge is 2.37. The second-order valence-corrected chi connectivity index (χ2v) is 9.08. The number of benzene rings is 3. The highest BCUT2D eigenvalue weighted by Crippen LogP contribution is 2.35. The summed E-state index contributed by atoms with van der Waals surface area (Å²) in [5, 5.41) is 0. The number of likely N-dealkylation sites (tertiary alicyclic amines) is 1. The zero-order chi connectivity index (χ0) is 24.9. The number of fused-ring (bicyclic) bond motifs is 2. The Bertz CT molecular complexity index is 1500. The molecule has 0 spiro atoms. The van der Waals surface area contributed by atoms with Crippen LogP contribution in [0, 0.1) is 5.92 Å². The molecule has 1 fully saturated rings. The van der Waals surface area contributed by atoms with Gasteiger partial charge in [-0.1, -0.05) is 42.5 Å². The first-order valence-corrected chi connectivity index (χ1v) is 11.6. The average Bonchev–Trinajstić information content (AvgIpc) is 3.47. The van der Waals surface area contributed by atoms with Crippen LogP contribution in [0.3, 0.4) is 0 Å². The van der Waals surface area contributed by atoms with Gasteiger partial charge in [-0.15, -0.1) is 0 Å². The monoisotopic (exact) mass is 486 g/mol. The van der Waals surface area contributed by atoms with Crippen LogP contribution >= 0.6 is 0 Å². The first-order chi connectivity index (χ1) is 17.4. The molecule has 36 heavy (non-hydrogen) atoms. The Hall–Kier alpha value is -4.20. The smallest absolute Gasteiger partial charge is 0.334 e. The number of carbonyl (C=O) groups is 1. The van der Waals surface area contributed by atoms with Gasteiger partial charge in [-0.25, -0.2) is 4.98 Å². The summed E-state index contributed by atoms with van der Waals surface area (Å²) >= 11 is 0. The first kappa shape index (κ1) is 22.3. The van der Waals surface area contributed by atoms with Gasteiger partial charge in [0.15, 0.2) is 5.82 Å². The van der Waals surface area contributed by atoms with Crippen molar-refractivity contribution in [2.24, 2.45) is 5.92 Å². The van der Waals surface area contributed by atoms with Crippen molar-refractivity contribution in [2.75, 3.05) is 24.5 Å². The number of aromatic nitrogens is 2. The number of hydrogen-bond donors (Lipinski definition) is 0. The number of halogens is 3. The van der Waals surface area contributed by atoms with E-state index in [-0.39, 0.29) is 11.8 Å². The molecule has 1 unspecified atom stereocenters. The Labute approximate surface area is 205 Å². The lowest BCUT2D eigenvalue weighted by molar-refractivity contribution is -0.137. The van der Waals surface area contributed by atoms with Gasteiger partial charge in [0.1, 0.15) is 0 Å². The summed E-state index contributed by atoms with van der Waals surface area (Å²) in [4.78, 5) is 26.6. The topological polar surface area (TPSA) is 49.3 Å². The third-order valence-corrected chi connectivity index (χ3v) is 6.78. The Morgan fingerprint density at radius 1 is 0.889 bits per heavy atom. The maximum atomic E-state index is 13.5. The summed E-state index contributed by atoms with van der Waals surface area (Å²) in [6, 6.07) is 19.7. The standard InChI is InChI=1S/C28H21F3N4O/c29-28(30,31)21-11-9-18(10-12-21)22-5-1-2-6-23(22)27(36)35-16-19-14-34(15-20(19)17-35)26-13-32-24-7-3-4-8-25(24)33-26/h1-14,20H,15-17H2. The van der Waals surface area contributed by atoms with Crippen molar-refractivity contribution in [3.8, 4) is 11.1 Å². The van der Waals surface area contributed by atoms with Crippen LogP contribution in [0.5, 0.6) is 0 Å².